The number of nitrogens with two attached hydrogens (primary N) is 1. The maximum absolute atomic E-state index is 12.1. The summed E-state index contributed by atoms with van der Waals surface area (Å²) in [4.78, 5) is 22.9. The quantitative estimate of drug-likeness (QED) is 0.827. The van der Waals surface area contributed by atoms with Crippen molar-refractivity contribution in [2.24, 2.45) is 5.73 Å². The molecule has 0 aliphatic rings. The Balaban J connectivity index is 1.98. The van der Waals surface area contributed by atoms with Gasteiger partial charge < -0.3 is 15.8 Å². The number of nitrogens with zero attached hydrogens (tertiary/aromatic N) is 2. The number of aromatic nitrogens is 2. The van der Waals surface area contributed by atoms with Crippen LogP contribution in [0.25, 0.3) is 0 Å². The second-order valence-electron chi connectivity index (χ2n) is 4.67. The molecular weight excluding hydrogens is 343 g/mol. The van der Waals surface area contributed by atoms with Gasteiger partial charge in [-0.3, -0.25) is 14.3 Å². The van der Waals surface area contributed by atoms with Crippen LogP contribution in [-0.4, -0.2) is 27.7 Å². The number of hydrogen-bond acceptors (Lipinski definition) is 4. The zero-order valence-electron chi connectivity index (χ0n) is 12.1. The minimum absolute atomic E-state index is 0.0694. The van der Waals surface area contributed by atoms with E-state index < -0.39 is 17.9 Å². The zero-order chi connectivity index (χ0) is 17.0. The molecular formula is C14H14Cl2N4O3. The van der Waals surface area contributed by atoms with E-state index in [1.807, 2.05) is 0 Å². The first-order valence-corrected chi connectivity index (χ1v) is 7.35. The fourth-order valence-electron chi connectivity index (χ4n) is 1.72. The monoisotopic (exact) mass is 356 g/mol. The Morgan fingerprint density at radius 3 is 2.83 bits per heavy atom. The average Bonchev–Trinajstić information content (AvgIpc) is 2.90. The van der Waals surface area contributed by atoms with E-state index in [0.29, 0.717) is 10.8 Å². The number of benzene rings is 1. The molecule has 0 fully saturated rings. The van der Waals surface area contributed by atoms with Crippen LogP contribution in [0.2, 0.25) is 10.0 Å². The Morgan fingerprint density at radius 1 is 1.39 bits per heavy atom. The lowest BCUT2D eigenvalue weighted by Crippen LogP contribution is -2.30. The SMILES string of the molecule is C[C@H](Oc1cccc(Cl)c1Cl)C(=O)Nc1ccn(CC(N)=O)n1. The lowest BCUT2D eigenvalue weighted by Gasteiger charge is -2.15. The normalized spacial score (nSPS) is 11.8. The number of halogens is 2. The summed E-state index contributed by atoms with van der Waals surface area (Å²) in [6, 6.07) is 6.44. The largest absolute Gasteiger partial charge is 0.479 e. The Morgan fingerprint density at radius 2 is 2.13 bits per heavy atom. The predicted octanol–water partition coefficient (Wildman–Crippen LogP) is 2.08. The van der Waals surface area contributed by atoms with Gasteiger partial charge in [0.05, 0.1) is 5.02 Å². The summed E-state index contributed by atoms with van der Waals surface area (Å²) in [5, 5.41) is 7.13. The van der Waals surface area contributed by atoms with E-state index in [1.54, 1.807) is 31.2 Å². The molecule has 0 radical (unpaired) electrons. The van der Waals surface area contributed by atoms with E-state index in [-0.39, 0.29) is 17.4 Å². The van der Waals surface area contributed by atoms with Crippen molar-refractivity contribution in [3.05, 3.63) is 40.5 Å². The molecule has 2 amide bonds. The van der Waals surface area contributed by atoms with Gasteiger partial charge in [-0.05, 0) is 19.1 Å². The third-order valence-electron chi connectivity index (χ3n) is 2.80. The number of carbonyl (C=O) groups is 2. The smallest absolute Gasteiger partial charge is 0.266 e. The van der Waals surface area contributed by atoms with E-state index in [4.69, 9.17) is 33.7 Å². The number of hydrogen-bond donors (Lipinski definition) is 2. The first-order valence-electron chi connectivity index (χ1n) is 6.60. The number of ether oxygens (including phenoxy) is 1. The van der Waals surface area contributed by atoms with E-state index in [9.17, 15) is 9.59 Å². The van der Waals surface area contributed by atoms with E-state index in [0.717, 1.165) is 0 Å². The average molecular weight is 357 g/mol. The van der Waals surface area contributed by atoms with Crippen LogP contribution in [0.15, 0.2) is 30.5 Å². The summed E-state index contributed by atoms with van der Waals surface area (Å²) in [7, 11) is 0. The fraction of sp³-hybridized carbons (Fsp3) is 0.214. The van der Waals surface area contributed by atoms with Crippen molar-refractivity contribution in [3.8, 4) is 5.75 Å². The van der Waals surface area contributed by atoms with E-state index >= 15 is 0 Å². The highest BCUT2D eigenvalue weighted by atomic mass is 35.5. The molecule has 7 nitrogen and oxygen atoms in total. The molecule has 1 aromatic carbocycles. The maximum Gasteiger partial charge on any atom is 0.266 e. The van der Waals surface area contributed by atoms with E-state index in [2.05, 4.69) is 10.4 Å². The van der Waals surface area contributed by atoms with Gasteiger partial charge >= 0.3 is 0 Å². The Kier molecular flexibility index (Phi) is 5.46. The minimum atomic E-state index is -0.827. The van der Waals surface area contributed by atoms with Crippen LogP contribution in [0.1, 0.15) is 6.92 Å². The summed E-state index contributed by atoms with van der Waals surface area (Å²) in [6.45, 7) is 1.49. The Hall–Kier alpha value is -2.25. The van der Waals surface area contributed by atoms with Crippen LogP contribution in [0, 0.1) is 0 Å². The molecule has 9 heteroatoms. The number of primary amides is 1. The van der Waals surface area contributed by atoms with Gasteiger partial charge in [0, 0.05) is 12.3 Å². The molecule has 0 saturated carbocycles. The Labute approximate surface area is 142 Å². The van der Waals surface area contributed by atoms with E-state index in [1.165, 1.54) is 10.9 Å². The molecule has 2 rings (SSSR count). The second kappa shape index (κ2) is 7.34. The van der Waals surface area contributed by atoms with Gasteiger partial charge in [-0.1, -0.05) is 29.3 Å². The molecule has 0 spiro atoms. The number of amides is 2. The molecule has 1 atom stereocenters. The van der Waals surface area contributed by atoms with Crippen LogP contribution in [0.3, 0.4) is 0 Å². The summed E-state index contributed by atoms with van der Waals surface area (Å²) in [6.07, 6.45) is 0.701. The molecule has 2 aromatic rings. The first-order chi connectivity index (χ1) is 10.9. The summed E-state index contributed by atoms with van der Waals surface area (Å²) in [5.74, 6) is -0.367. The second-order valence-corrected chi connectivity index (χ2v) is 5.45. The molecule has 0 unspecified atom stereocenters. The van der Waals surface area contributed by atoms with Crippen molar-refractivity contribution < 1.29 is 14.3 Å². The van der Waals surface area contributed by atoms with Gasteiger partial charge in [0.2, 0.25) is 5.91 Å². The molecule has 1 heterocycles. The highest BCUT2D eigenvalue weighted by molar-refractivity contribution is 6.42. The third-order valence-corrected chi connectivity index (χ3v) is 3.60. The first kappa shape index (κ1) is 17.1. The van der Waals surface area contributed by atoms with Crippen molar-refractivity contribution >= 4 is 40.8 Å². The van der Waals surface area contributed by atoms with Crippen molar-refractivity contribution in [1.82, 2.24) is 9.78 Å². The highest BCUT2D eigenvalue weighted by Crippen LogP contribution is 2.32. The summed E-state index contributed by atoms with van der Waals surface area (Å²) < 4.78 is 6.81. The Bertz CT molecular complexity index is 733. The minimum Gasteiger partial charge on any atom is -0.479 e. The van der Waals surface area contributed by atoms with Crippen molar-refractivity contribution in [3.63, 3.8) is 0 Å². The molecule has 1 aromatic heterocycles. The highest BCUT2D eigenvalue weighted by Gasteiger charge is 2.18. The van der Waals surface area contributed by atoms with Gasteiger partial charge in [-0.25, -0.2) is 0 Å². The van der Waals surface area contributed by atoms with Crippen molar-refractivity contribution in [2.75, 3.05) is 5.32 Å². The van der Waals surface area contributed by atoms with Crippen molar-refractivity contribution in [1.29, 1.82) is 0 Å². The summed E-state index contributed by atoms with van der Waals surface area (Å²) >= 11 is 11.9. The van der Waals surface area contributed by atoms with Gasteiger partial charge in [-0.15, -0.1) is 0 Å². The zero-order valence-corrected chi connectivity index (χ0v) is 13.6. The van der Waals surface area contributed by atoms with Crippen LogP contribution in [-0.2, 0) is 16.1 Å². The molecule has 23 heavy (non-hydrogen) atoms. The third kappa shape index (κ3) is 4.61. The van der Waals surface area contributed by atoms with Crippen LogP contribution in [0.5, 0.6) is 5.75 Å². The van der Waals surface area contributed by atoms with Crippen LogP contribution in [0.4, 0.5) is 5.82 Å². The molecule has 0 saturated heterocycles. The van der Waals surface area contributed by atoms with Gasteiger partial charge in [0.1, 0.15) is 17.3 Å². The van der Waals surface area contributed by atoms with Gasteiger partial charge in [0.15, 0.2) is 11.9 Å². The molecule has 122 valence electrons. The number of rotatable bonds is 6. The molecule has 0 aliphatic heterocycles. The molecule has 0 aliphatic carbocycles. The predicted molar refractivity (Wildman–Crippen MR) is 86.6 cm³/mol. The van der Waals surface area contributed by atoms with Crippen LogP contribution >= 0.6 is 23.2 Å². The topological polar surface area (TPSA) is 99.2 Å². The molecule has 3 N–H and O–H groups in total. The van der Waals surface area contributed by atoms with Gasteiger partial charge in [0.25, 0.3) is 5.91 Å². The van der Waals surface area contributed by atoms with Gasteiger partial charge in [-0.2, -0.15) is 5.10 Å². The lowest BCUT2D eigenvalue weighted by molar-refractivity contribution is -0.122. The van der Waals surface area contributed by atoms with Crippen LogP contribution < -0.4 is 15.8 Å². The standard InChI is InChI=1S/C14H14Cl2N4O3/c1-8(23-10-4-2-3-9(15)13(10)16)14(22)18-12-5-6-20(19-12)7-11(17)21/h2-6,8H,7H2,1H3,(H2,17,21)(H,18,19,22)/t8-/m0/s1. The fourth-order valence-corrected chi connectivity index (χ4v) is 2.06. The summed E-state index contributed by atoms with van der Waals surface area (Å²) in [5.41, 5.74) is 5.07. The number of anilines is 1. The number of carbonyl (C=O) groups excluding carboxylic acids is 2. The molecule has 0 bridgehead atoms. The maximum atomic E-state index is 12.1. The van der Waals surface area contributed by atoms with Crippen molar-refractivity contribution in [2.45, 2.75) is 19.6 Å². The lowest BCUT2D eigenvalue weighted by atomic mass is 10.3. The number of nitrogens with one attached hydrogen (secondary N) is 1.